The van der Waals surface area contributed by atoms with Crippen LogP contribution in [0.1, 0.15) is 49.3 Å². The highest BCUT2D eigenvalue weighted by Crippen LogP contribution is 2.14. The summed E-state index contributed by atoms with van der Waals surface area (Å²) in [5.41, 5.74) is 3.60. The van der Waals surface area contributed by atoms with Crippen molar-refractivity contribution in [2.24, 2.45) is 4.99 Å². The van der Waals surface area contributed by atoms with Gasteiger partial charge in [-0.15, -0.1) is 24.0 Å². The number of nitrogens with zero attached hydrogens (tertiary/aromatic N) is 3. The molecule has 0 bridgehead atoms. The number of halogens is 1. The van der Waals surface area contributed by atoms with Gasteiger partial charge in [-0.25, -0.2) is 9.98 Å². The highest BCUT2D eigenvalue weighted by Gasteiger charge is 2.10. The Hall–Kier alpha value is -2.20. The predicted molar refractivity (Wildman–Crippen MR) is 146 cm³/mol. The Morgan fingerprint density at radius 1 is 1.03 bits per heavy atom. The number of likely N-dealkylation sites (tertiary alicyclic amines) is 1. The number of carbonyl (C=O) groups excluding carboxylic acids is 1. The Bertz CT molecular complexity index is 863. The number of aromatic nitrogens is 1. The van der Waals surface area contributed by atoms with Crippen LogP contribution in [-0.2, 0) is 17.9 Å². The van der Waals surface area contributed by atoms with E-state index in [1.54, 1.807) is 6.20 Å². The summed E-state index contributed by atoms with van der Waals surface area (Å²) in [5, 5.41) is 9.28. The first-order valence-electron chi connectivity index (χ1n) is 11.7. The molecule has 3 N–H and O–H groups in total. The first kappa shape index (κ1) is 27.0. The summed E-state index contributed by atoms with van der Waals surface area (Å²) >= 11 is 0. The molecule has 7 nitrogen and oxygen atoms in total. The molecule has 8 heteroatoms. The fraction of sp³-hybridized carbons (Fsp3) is 0.480. The van der Waals surface area contributed by atoms with E-state index in [2.05, 4.69) is 55.1 Å². The van der Waals surface area contributed by atoms with Gasteiger partial charge in [0.05, 0.1) is 6.54 Å². The Balaban J connectivity index is 0.00000385. The van der Waals surface area contributed by atoms with Crippen molar-refractivity contribution in [3.05, 3.63) is 59.3 Å². The highest BCUT2D eigenvalue weighted by atomic mass is 127. The van der Waals surface area contributed by atoms with Gasteiger partial charge in [-0.1, -0.05) is 36.8 Å². The van der Waals surface area contributed by atoms with Gasteiger partial charge in [-0.3, -0.25) is 9.69 Å². The molecule has 1 aliphatic heterocycles. The normalized spacial score (nSPS) is 14.3. The molecule has 2 aromatic rings. The molecule has 1 amide bonds. The van der Waals surface area contributed by atoms with Crippen LogP contribution in [0.3, 0.4) is 0 Å². The molecule has 33 heavy (non-hydrogen) atoms. The number of aryl methyl sites for hydroxylation is 1. The van der Waals surface area contributed by atoms with Crippen LogP contribution in [-0.4, -0.2) is 47.9 Å². The van der Waals surface area contributed by atoms with Crippen LogP contribution in [0, 0.1) is 6.92 Å². The molecule has 1 aromatic carbocycles. The Labute approximate surface area is 214 Å². The van der Waals surface area contributed by atoms with Crippen molar-refractivity contribution < 1.29 is 4.79 Å². The SMILES string of the molecule is CCNC(=NCc1ccc(CN2CCCCC2)cc1)NCCC(=O)Nc1ccc(C)cn1.I. The molecule has 2 heterocycles. The number of pyridine rings is 1. The fourth-order valence-corrected chi connectivity index (χ4v) is 3.68. The summed E-state index contributed by atoms with van der Waals surface area (Å²) in [6.45, 7) is 9.31. The van der Waals surface area contributed by atoms with E-state index in [-0.39, 0.29) is 29.9 Å². The number of aliphatic imine (C=N–C) groups is 1. The molecule has 1 fully saturated rings. The van der Waals surface area contributed by atoms with Crippen LogP contribution in [0.5, 0.6) is 0 Å². The van der Waals surface area contributed by atoms with Gasteiger partial charge in [0.2, 0.25) is 5.91 Å². The second kappa shape index (κ2) is 14.8. The maximum Gasteiger partial charge on any atom is 0.227 e. The van der Waals surface area contributed by atoms with Crippen molar-refractivity contribution in [2.75, 3.05) is 31.5 Å². The minimum absolute atomic E-state index is 0. The zero-order chi connectivity index (χ0) is 22.6. The average molecular weight is 565 g/mol. The lowest BCUT2D eigenvalue weighted by molar-refractivity contribution is -0.116. The molecule has 0 unspecified atom stereocenters. The van der Waals surface area contributed by atoms with E-state index in [1.165, 1.54) is 43.5 Å². The van der Waals surface area contributed by atoms with E-state index in [1.807, 2.05) is 26.0 Å². The maximum absolute atomic E-state index is 12.1. The van der Waals surface area contributed by atoms with Crippen molar-refractivity contribution in [2.45, 2.75) is 52.6 Å². The van der Waals surface area contributed by atoms with Gasteiger partial charge in [0.1, 0.15) is 5.82 Å². The summed E-state index contributed by atoms with van der Waals surface area (Å²) in [6.07, 6.45) is 6.08. The highest BCUT2D eigenvalue weighted by molar-refractivity contribution is 14.0. The molecule has 1 aliphatic rings. The van der Waals surface area contributed by atoms with Crippen LogP contribution < -0.4 is 16.0 Å². The summed E-state index contributed by atoms with van der Waals surface area (Å²) < 4.78 is 0. The second-order valence-corrected chi connectivity index (χ2v) is 8.29. The van der Waals surface area contributed by atoms with Gasteiger partial charge in [-0.2, -0.15) is 0 Å². The zero-order valence-electron chi connectivity index (χ0n) is 19.8. The van der Waals surface area contributed by atoms with Gasteiger partial charge in [0.15, 0.2) is 5.96 Å². The first-order chi connectivity index (χ1) is 15.6. The summed E-state index contributed by atoms with van der Waals surface area (Å²) in [5.74, 6) is 1.21. The first-order valence-corrected chi connectivity index (χ1v) is 11.7. The van der Waals surface area contributed by atoms with E-state index >= 15 is 0 Å². The standard InChI is InChI=1S/C25H36N6O.HI/c1-3-26-25(27-14-13-24(32)30-23-12-7-20(2)17-28-23)29-18-21-8-10-22(11-9-21)19-31-15-5-4-6-16-31;/h7-12,17H,3-6,13-16,18-19H2,1-2H3,(H2,26,27,29)(H,28,30,32);1H. The van der Waals surface area contributed by atoms with Crippen LogP contribution in [0.15, 0.2) is 47.6 Å². The van der Waals surface area contributed by atoms with Gasteiger partial charge in [-0.05, 0) is 62.5 Å². The molecule has 0 atom stereocenters. The van der Waals surface area contributed by atoms with Gasteiger partial charge in [0.25, 0.3) is 0 Å². The number of benzene rings is 1. The molecule has 3 rings (SSSR count). The summed E-state index contributed by atoms with van der Waals surface area (Å²) in [6, 6.07) is 12.5. The third-order valence-corrected chi connectivity index (χ3v) is 5.47. The number of amides is 1. The van der Waals surface area contributed by atoms with Gasteiger partial charge >= 0.3 is 0 Å². The molecule has 1 aromatic heterocycles. The number of hydrogen-bond donors (Lipinski definition) is 3. The molecule has 1 saturated heterocycles. The molecule has 0 saturated carbocycles. The number of nitrogens with one attached hydrogen (secondary N) is 3. The maximum atomic E-state index is 12.1. The molecule has 0 radical (unpaired) electrons. The van der Waals surface area contributed by atoms with Crippen LogP contribution in [0.4, 0.5) is 5.82 Å². The number of rotatable bonds is 9. The molecular weight excluding hydrogens is 527 g/mol. The van der Waals surface area contributed by atoms with Crippen molar-refractivity contribution in [1.82, 2.24) is 20.5 Å². The zero-order valence-corrected chi connectivity index (χ0v) is 22.1. The molecular formula is C25H37IN6O. The number of piperidine rings is 1. The van der Waals surface area contributed by atoms with Crippen molar-refractivity contribution >= 4 is 41.7 Å². The van der Waals surface area contributed by atoms with E-state index in [9.17, 15) is 4.79 Å². The number of anilines is 1. The lowest BCUT2D eigenvalue weighted by Gasteiger charge is -2.26. The topological polar surface area (TPSA) is 81.7 Å². The summed E-state index contributed by atoms with van der Waals surface area (Å²) in [7, 11) is 0. The minimum atomic E-state index is -0.0750. The monoisotopic (exact) mass is 564 g/mol. The smallest absolute Gasteiger partial charge is 0.227 e. The van der Waals surface area contributed by atoms with Crippen molar-refractivity contribution in [3.8, 4) is 0 Å². The summed E-state index contributed by atoms with van der Waals surface area (Å²) in [4.78, 5) is 23.5. The van der Waals surface area contributed by atoms with Gasteiger partial charge in [0, 0.05) is 32.3 Å². The van der Waals surface area contributed by atoms with E-state index < -0.39 is 0 Å². The number of carbonyl (C=O) groups is 1. The lowest BCUT2D eigenvalue weighted by Crippen LogP contribution is -2.38. The number of guanidine groups is 1. The average Bonchev–Trinajstić information content (AvgIpc) is 2.81. The number of hydrogen-bond acceptors (Lipinski definition) is 4. The quantitative estimate of drug-likeness (QED) is 0.243. The van der Waals surface area contributed by atoms with Crippen molar-refractivity contribution in [3.63, 3.8) is 0 Å². The predicted octanol–water partition coefficient (Wildman–Crippen LogP) is 4.08. The minimum Gasteiger partial charge on any atom is -0.357 e. The fourth-order valence-electron chi connectivity index (χ4n) is 3.68. The Morgan fingerprint density at radius 3 is 2.42 bits per heavy atom. The van der Waals surface area contributed by atoms with E-state index in [0.717, 1.165) is 18.7 Å². The second-order valence-electron chi connectivity index (χ2n) is 8.29. The molecule has 180 valence electrons. The lowest BCUT2D eigenvalue weighted by atomic mass is 10.1. The van der Waals surface area contributed by atoms with Crippen LogP contribution in [0.2, 0.25) is 0 Å². The Morgan fingerprint density at radius 2 is 1.76 bits per heavy atom. The van der Waals surface area contributed by atoms with E-state index in [4.69, 9.17) is 0 Å². The van der Waals surface area contributed by atoms with Crippen LogP contribution in [0.25, 0.3) is 0 Å². The molecule has 0 spiro atoms. The van der Waals surface area contributed by atoms with Crippen molar-refractivity contribution in [1.29, 1.82) is 0 Å². The third-order valence-electron chi connectivity index (χ3n) is 5.47. The molecule has 0 aliphatic carbocycles. The largest absolute Gasteiger partial charge is 0.357 e. The Kier molecular flexibility index (Phi) is 12.2. The van der Waals surface area contributed by atoms with E-state index in [0.29, 0.717) is 31.3 Å². The van der Waals surface area contributed by atoms with Crippen LogP contribution >= 0.6 is 24.0 Å². The van der Waals surface area contributed by atoms with Gasteiger partial charge < -0.3 is 16.0 Å². The third kappa shape index (κ3) is 10.1.